The molecule has 0 saturated heterocycles. The summed E-state index contributed by atoms with van der Waals surface area (Å²) in [5.41, 5.74) is 5.75. The fourth-order valence-electron chi connectivity index (χ4n) is 1.22. The van der Waals surface area contributed by atoms with Gasteiger partial charge in [0, 0.05) is 18.5 Å². The van der Waals surface area contributed by atoms with Crippen LogP contribution in [-0.4, -0.2) is 26.0 Å². The molecule has 0 bridgehead atoms. The second-order valence-corrected chi connectivity index (χ2v) is 4.16. The molecule has 0 amide bonds. The van der Waals surface area contributed by atoms with E-state index in [-0.39, 0.29) is 11.4 Å². The van der Waals surface area contributed by atoms with Crippen molar-refractivity contribution in [2.24, 2.45) is 10.9 Å². The first-order chi connectivity index (χ1) is 8.70. The number of nitrogens with zero attached hydrogens (tertiary/aromatic N) is 3. The lowest BCUT2D eigenvalue weighted by molar-refractivity contribution is 0.318. The fourth-order valence-corrected chi connectivity index (χ4v) is 2.06. The molecule has 0 aromatic carbocycles. The Morgan fingerprint density at radius 3 is 2.94 bits per heavy atom. The van der Waals surface area contributed by atoms with Crippen LogP contribution < -0.4 is 11.3 Å². The lowest BCUT2D eigenvalue weighted by atomic mass is 10.3. The van der Waals surface area contributed by atoms with Gasteiger partial charge in [0.2, 0.25) is 0 Å². The van der Waals surface area contributed by atoms with Crippen LogP contribution in [0, 0.1) is 0 Å². The lowest BCUT2D eigenvalue weighted by Gasteiger charge is -2.05. The number of amidine groups is 1. The zero-order chi connectivity index (χ0) is 13.0. The van der Waals surface area contributed by atoms with Crippen molar-refractivity contribution in [2.45, 2.75) is 10.2 Å². The van der Waals surface area contributed by atoms with E-state index < -0.39 is 0 Å². The Morgan fingerprint density at radius 1 is 1.39 bits per heavy atom. The van der Waals surface area contributed by atoms with Gasteiger partial charge < -0.3 is 15.9 Å². The van der Waals surface area contributed by atoms with E-state index in [9.17, 15) is 4.79 Å². The van der Waals surface area contributed by atoms with Gasteiger partial charge in [0.1, 0.15) is 5.03 Å². The fraction of sp³-hybridized carbons (Fsp3) is 0. The van der Waals surface area contributed by atoms with Crippen molar-refractivity contribution < 1.29 is 5.21 Å². The molecular weight excluding hydrogens is 254 g/mol. The Bertz CT molecular complexity index is 640. The second-order valence-electron chi connectivity index (χ2n) is 3.18. The van der Waals surface area contributed by atoms with Gasteiger partial charge in [-0.15, -0.1) is 0 Å². The summed E-state index contributed by atoms with van der Waals surface area (Å²) in [6, 6.07) is 4.64. The van der Waals surface area contributed by atoms with Gasteiger partial charge >= 0.3 is 0 Å². The van der Waals surface area contributed by atoms with Crippen LogP contribution in [-0.2, 0) is 0 Å². The van der Waals surface area contributed by atoms with E-state index in [2.05, 4.69) is 20.1 Å². The Morgan fingerprint density at radius 2 is 2.22 bits per heavy atom. The molecule has 2 rings (SSSR count). The number of oxime groups is 1. The van der Waals surface area contributed by atoms with E-state index in [1.165, 1.54) is 12.3 Å². The maximum Gasteiger partial charge on any atom is 0.251 e. The predicted octanol–water partition coefficient (Wildman–Crippen LogP) is 0.411. The third kappa shape index (κ3) is 2.66. The topological polar surface area (TPSA) is 117 Å². The monoisotopic (exact) mass is 263 g/mol. The van der Waals surface area contributed by atoms with E-state index >= 15 is 0 Å². The molecule has 2 aromatic rings. The molecule has 0 unspecified atom stereocenters. The SMILES string of the molecule is N/C(=N\O)c1cccnc1Sc1nccc(=O)[nH]1. The molecule has 0 aliphatic carbocycles. The maximum atomic E-state index is 11.1. The summed E-state index contributed by atoms with van der Waals surface area (Å²) >= 11 is 1.12. The van der Waals surface area contributed by atoms with Gasteiger partial charge in [-0.1, -0.05) is 5.16 Å². The summed E-state index contributed by atoms with van der Waals surface area (Å²) in [7, 11) is 0. The van der Waals surface area contributed by atoms with E-state index in [4.69, 9.17) is 10.9 Å². The molecule has 92 valence electrons. The van der Waals surface area contributed by atoms with Crippen LogP contribution in [0.1, 0.15) is 5.56 Å². The summed E-state index contributed by atoms with van der Waals surface area (Å²) in [5.74, 6) is -0.0520. The van der Waals surface area contributed by atoms with E-state index in [0.29, 0.717) is 15.7 Å². The molecule has 0 saturated carbocycles. The molecule has 0 aliphatic rings. The first-order valence-corrected chi connectivity index (χ1v) is 5.68. The Hall–Kier alpha value is -2.35. The largest absolute Gasteiger partial charge is 0.409 e. The third-order valence-electron chi connectivity index (χ3n) is 2.00. The zero-order valence-electron chi connectivity index (χ0n) is 9.07. The number of rotatable bonds is 3. The predicted molar refractivity (Wildman–Crippen MR) is 65.7 cm³/mol. The number of aromatic nitrogens is 3. The van der Waals surface area contributed by atoms with E-state index in [0.717, 1.165) is 11.8 Å². The van der Waals surface area contributed by atoms with Crippen LogP contribution in [0.5, 0.6) is 0 Å². The number of aromatic amines is 1. The Labute approximate surface area is 106 Å². The van der Waals surface area contributed by atoms with Gasteiger partial charge in [0.15, 0.2) is 11.0 Å². The van der Waals surface area contributed by atoms with Crippen molar-refractivity contribution in [3.8, 4) is 0 Å². The first kappa shape index (κ1) is 12.1. The standard InChI is InChI=1S/C10H9N5O2S/c11-8(15-17)6-2-1-4-12-9(6)18-10-13-5-3-7(16)14-10/h1-5,17H,(H2,11,15)(H,13,14,16). The van der Waals surface area contributed by atoms with Crippen LogP contribution in [0.15, 0.2) is 50.7 Å². The molecule has 0 fully saturated rings. The number of nitrogens with two attached hydrogens (primary N) is 1. The van der Waals surface area contributed by atoms with Crippen LogP contribution in [0.25, 0.3) is 0 Å². The molecule has 0 radical (unpaired) electrons. The zero-order valence-corrected chi connectivity index (χ0v) is 9.89. The molecule has 8 heteroatoms. The molecule has 2 heterocycles. The summed E-state index contributed by atoms with van der Waals surface area (Å²) in [4.78, 5) is 21.8. The van der Waals surface area contributed by atoms with Crippen LogP contribution >= 0.6 is 11.8 Å². The highest BCUT2D eigenvalue weighted by atomic mass is 32.2. The maximum absolute atomic E-state index is 11.1. The molecule has 0 aliphatic heterocycles. The van der Waals surface area contributed by atoms with Gasteiger partial charge in [-0.25, -0.2) is 9.97 Å². The summed E-state index contributed by atoms with van der Waals surface area (Å²) in [6.07, 6.45) is 2.96. The van der Waals surface area contributed by atoms with Crippen molar-refractivity contribution >= 4 is 17.6 Å². The van der Waals surface area contributed by atoms with Crippen molar-refractivity contribution in [2.75, 3.05) is 0 Å². The molecule has 7 nitrogen and oxygen atoms in total. The Balaban J connectivity index is 2.38. The summed E-state index contributed by atoms with van der Waals surface area (Å²) < 4.78 is 0. The second kappa shape index (κ2) is 5.32. The molecule has 2 aromatic heterocycles. The number of H-pyrrole nitrogens is 1. The highest BCUT2D eigenvalue weighted by Gasteiger charge is 2.10. The number of hydrogen-bond acceptors (Lipinski definition) is 6. The molecule has 0 spiro atoms. The minimum atomic E-state index is -0.256. The number of nitrogens with one attached hydrogen (secondary N) is 1. The molecular formula is C10H9N5O2S. The van der Waals surface area contributed by atoms with Crippen molar-refractivity contribution in [3.63, 3.8) is 0 Å². The minimum absolute atomic E-state index is 0.0520. The highest BCUT2D eigenvalue weighted by molar-refractivity contribution is 7.99. The molecule has 4 N–H and O–H groups in total. The minimum Gasteiger partial charge on any atom is -0.409 e. The molecule has 0 atom stereocenters. The van der Waals surface area contributed by atoms with E-state index in [1.807, 2.05) is 0 Å². The van der Waals surface area contributed by atoms with Crippen molar-refractivity contribution in [1.82, 2.24) is 15.0 Å². The normalized spacial score (nSPS) is 11.4. The van der Waals surface area contributed by atoms with Gasteiger partial charge in [-0.3, -0.25) is 4.79 Å². The summed E-state index contributed by atoms with van der Waals surface area (Å²) in [6.45, 7) is 0. The Kier molecular flexibility index (Phi) is 3.58. The van der Waals surface area contributed by atoms with Gasteiger partial charge in [0.05, 0.1) is 5.56 Å². The highest BCUT2D eigenvalue weighted by Crippen LogP contribution is 2.24. The smallest absolute Gasteiger partial charge is 0.251 e. The van der Waals surface area contributed by atoms with Crippen molar-refractivity contribution in [3.05, 3.63) is 46.5 Å². The molecule has 18 heavy (non-hydrogen) atoms. The average molecular weight is 263 g/mol. The van der Waals surface area contributed by atoms with Gasteiger partial charge in [0.25, 0.3) is 5.56 Å². The quantitative estimate of drug-likeness (QED) is 0.243. The first-order valence-electron chi connectivity index (χ1n) is 4.87. The van der Waals surface area contributed by atoms with Gasteiger partial charge in [-0.05, 0) is 23.9 Å². The summed E-state index contributed by atoms with van der Waals surface area (Å²) in [5, 5.41) is 12.5. The van der Waals surface area contributed by atoms with E-state index in [1.54, 1.807) is 18.3 Å². The van der Waals surface area contributed by atoms with Crippen LogP contribution in [0.3, 0.4) is 0 Å². The lowest BCUT2D eigenvalue weighted by Crippen LogP contribution is -2.15. The third-order valence-corrected chi connectivity index (χ3v) is 2.92. The number of hydrogen-bond donors (Lipinski definition) is 3. The van der Waals surface area contributed by atoms with Gasteiger partial charge in [-0.2, -0.15) is 0 Å². The van der Waals surface area contributed by atoms with Crippen molar-refractivity contribution in [1.29, 1.82) is 0 Å². The average Bonchev–Trinajstić information content (AvgIpc) is 2.38. The van der Waals surface area contributed by atoms with Crippen LogP contribution in [0.2, 0.25) is 0 Å². The number of pyridine rings is 1. The van der Waals surface area contributed by atoms with Crippen LogP contribution in [0.4, 0.5) is 0 Å².